The number of methoxy groups -OCH3 is 1. The van der Waals surface area contributed by atoms with Crippen LogP contribution in [0.5, 0.6) is 5.75 Å². The van der Waals surface area contributed by atoms with E-state index in [1.165, 1.54) is 16.8 Å². The number of nitrogens with one attached hydrogen (secondary N) is 1. The van der Waals surface area contributed by atoms with Gasteiger partial charge in [0.25, 0.3) is 11.8 Å². The number of amides is 3. The number of fused-ring (bicyclic) bond motifs is 3. The lowest BCUT2D eigenvalue weighted by Crippen LogP contribution is -2.67. The molecule has 0 aromatic heterocycles. The van der Waals surface area contributed by atoms with Gasteiger partial charge in [-0.1, -0.05) is 24.3 Å². The van der Waals surface area contributed by atoms with Gasteiger partial charge in [-0.25, -0.2) is 4.79 Å². The molecule has 9 heteroatoms. The van der Waals surface area contributed by atoms with Crippen molar-refractivity contribution in [2.24, 2.45) is 0 Å². The molecule has 188 valence electrons. The average molecular weight is 500 g/mol. The normalized spacial score (nSPS) is 18.2. The van der Waals surface area contributed by atoms with Crippen molar-refractivity contribution in [3.05, 3.63) is 89.5 Å². The highest BCUT2D eigenvalue weighted by Gasteiger charge is 2.60. The first-order valence-corrected chi connectivity index (χ1v) is 11.8. The number of hydrogen-bond acceptors (Lipinski definition) is 6. The first-order valence-electron chi connectivity index (χ1n) is 11.8. The summed E-state index contributed by atoms with van der Waals surface area (Å²) in [4.78, 5) is 54.5. The standard InChI is InChI=1S/C28H25N3O6/c1-30-26(34)22-5-3-4-6-23(22)31-24(32)15-16-28(30,31)27(35)37-17-18-7-9-19(10-8-18)25(33)29-20-11-13-21(36-2)14-12-20/h3-14H,15-17H2,1-2H3,(H,29,33)/t28-/m1/s1. The quantitative estimate of drug-likeness (QED) is 0.520. The maximum Gasteiger partial charge on any atom is 0.354 e. The lowest BCUT2D eigenvalue weighted by atomic mass is 9.97. The molecular weight excluding hydrogens is 474 g/mol. The van der Waals surface area contributed by atoms with Crippen molar-refractivity contribution in [1.29, 1.82) is 0 Å². The van der Waals surface area contributed by atoms with E-state index in [-0.39, 0.29) is 37.2 Å². The largest absolute Gasteiger partial charge is 0.497 e. The van der Waals surface area contributed by atoms with Crippen molar-refractivity contribution < 1.29 is 28.7 Å². The Kier molecular flexibility index (Phi) is 6.12. The summed E-state index contributed by atoms with van der Waals surface area (Å²) in [5.74, 6) is -0.852. The van der Waals surface area contributed by atoms with Gasteiger partial charge in [0, 0.05) is 31.1 Å². The monoisotopic (exact) mass is 499 g/mol. The zero-order valence-corrected chi connectivity index (χ0v) is 20.4. The molecule has 0 radical (unpaired) electrons. The van der Waals surface area contributed by atoms with Crippen molar-refractivity contribution in [3.63, 3.8) is 0 Å². The SMILES string of the molecule is COc1ccc(NC(=O)c2ccc(COC(=O)[C@@]34CCC(=O)N3c3ccccc3C(=O)N4C)cc2)cc1. The number of anilines is 2. The van der Waals surface area contributed by atoms with Gasteiger partial charge >= 0.3 is 5.97 Å². The van der Waals surface area contributed by atoms with Crippen LogP contribution in [0.2, 0.25) is 0 Å². The van der Waals surface area contributed by atoms with Gasteiger partial charge < -0.3 is 19.7 Å². The topological polar surface area (TPSA) is 105 Å². The molecule has 2 aliphatic rings. The van der Waals surface area contributed by atoms with Gasteiger partial charge in [-0.3, -0.25) is 19.3 Å². The van der Waals surface area contributed by atoms with Gasteiger partial charge in [0.15, 0.2) is 0 Å². The molecule has 37 heavy (non-hydrogen) atoms. The Hall–Kier alpha value is -4.66. The van der Waals surface area contributed by atoms with Gasteiger partial charge in [-0.2, -0.15) is 0 Å². The summed E-state index contributed by atoms with van der Waals surface area (Å²) in [6.07, 6.45) is 0.269. The number of hydrogen-bond donors (Lipinski definition) is 1. The number of carbonyl (C=O) groups excluding carboxylic acids is 4. The van der Waals surface area contributed by atoms with E-state index in [0.717, 1.165) is 0 Å². The van der Waals surface area contributed by atoms with Crippen LogP contribution in [0.4, 0.5) is 11.4 Å². The molecule has 9 nitrogen and oxygen atoms in total. The Morgan fingerprint density at radius 3 is 2.38 bits per heavy atom. The summed E-state index contributed by atoms with van der Waals surface area (Å²) in [6.45, 7) is -0.0767. The molecule has 1 N–H and O–H groups in total. The summed E-state index contributed by atoms with van der Waals surface area (Å²) in [5.41, 5.74) is 0.981. The smallest absolute Gasteiger partial charge is 0.354 e. The van der Waals surface area contributed by atoms with Crippen LogP contribution in [-0.2, 0) is 20.9 Å². The van der Waals surface area contributed by atoms with Crippen LogP contribution >= 0.6 is 0 Å². The second-order valence-corrected chi connectivity index (χ2v) is 8.88. The number of rotatable bonds is 6. The van der Waals surface area contributed by atoms with Gasteiger partial charge in [0.05, 0.1) is 18.4 Å². The minimum Gasteiger partial charge on any atom is -0.497 e. The van der Waals surface area contributed by atoms with E-state index in [0.29, 0.717) is 33.8 Å². The molecular formula is C28H25N3O6. The van der Waals surface area contributed by atoms with E-state index in [9.17, 15) is 19.2 Å². The summed E-state index contributed by atoms with van der Waals surface area (Å²) in [7, 11) is 3.09. The molecule has 0 unspecified atom stereocenters. The Balaban J connectivity index is 1.28. The summed E-state index contributed by atoms with van der Waals surface area (Å²) < 4.78 is 10.8. The number of ether oxygens (including phenoxy) is 2. The number of nitrogens with zero attached hydrogens (tertiary/aromatic N) is 2. The summed E-state index contributed by atoms with van der Waals surface area (Å²) in [5, 5.41) is 2.81. The summed E-state index contributed by atoms with van der Waals surface area (Å²) >= 11 is 0. The third-order valence-corrected chi connectivity index (χ3v) is 6.80. The van der Waals surface area contributed by atoms with Crippen molar-refractivity contribution in [1.82, 2.24) is 4.90 Å². The molecule has 0 aliphatic carbocycles. The molecule has 3 amide bonds. The van der Waals surface area contributed by atoms with Crippen LogP contribution in [0.25, 0.3) is 0 Å². The fourth-order valence-electron chi connectivity index (χ4n) is 4.79. The maximum absolute atomic E-state index is 13.4. The van der Waals surface area contributed by atoms with Crippen molar-refractivity contribution in [2.75, 3.05) is 24.4 Å². The van der Waals surface area contributed by atoms with Gasteiger partial charge in [0.1, 0.15) is 12.4 Å². The predicted octanol–water partition coefficient (Wildman–Crippen LogP) is 3.60. The van der Waals surface area contributed by atoms with E-state index < -0.39 is 11.6 Å². The number of likely N-dealkylation sites (N-methyl/N-ethyl adjacent to an activating group) is 1. The van der Waals surface area contributed by atoms with Gasteiger partial charge in [0.2, 0.25) is 11.6 Å². The number of para-hydroxylation sites is 1. The van der Waals surface area contributed by atoms with Crippen LogP contribution in [0.15, 0.2) is 72.8 Å². The maximum atomic E-state index is 13.4. The molecule has 2 heterocycles. The van der Waals surface area contributed by atoms with E-state index in [1.54, 1.807) is 79.9 Å². The third kappa shape index (κ3) is 4.08. The average Bonchev–Trinajstić information content (AvgIpc) is 3.29. The highest BCUT2D eigenvalue weighted by atomic mass is 16.5. The highest BCUT2D eigenvalue weighted by Crippen LogP contribution is 2.44. The van der Waals surface area contributed by atoms with Crippen LogP contribution in [-0.4, -0.2) is 48.4 Å². The second kappa shape index (κ2) is 9.42. The molecule has 3 aromatic rings. The minimum atomic E-state index is -1.53. The minimum absolute atomic E-state index is 0.0767. The Labute approximate surface area is 213 Å². The van der Waals surface area contributed by atoms with Crippen molar-refractivity contribution in [3.8, 4) is 5.75 Å². The van der Waals surface area contributed by atoms with E-state index >= 15 is 0 Å². The first kappa shape index (κ1) is 24.1. The van der Waals surface area contributed by atoms with E-state index in [4.69, 9.17) is 9.47 Å². The molecule has 0 saturated carbocycles. The molecule has 0 spiro atoms. The summed E-state index contributed by atoms with van der Waals surface area (Å²) in [6, 6.07) is 20.4. The fourth-order valence-corrected chi connectivity index (χ4v) is 4.79. The lowest BCUT2D eigenvalue weighted by Gasteiger charge is -2.46. The Bertz CT molecular complexity index is 1390. The second-order valence-electron chi connectivity index (χ2n) is 8.88. The molecule has 2 aliphatic heterocycles. The molecule has 5 rings (SSSR count). The van der Waals surface area contributed by atoms with Crippen LogP contribution < -0.4 is 15.0 Å². The third-order valence-electron chi connectivity index (χ3n) is 6.80. The predicted molar refractivity (Wildman–Crippen MR) is 135 cm³/mol. The van der Waals surface area contributed by atoms with Gasteiger partial charge in [-0.15, -0.1) is 0 Å². The Morgan fingerprint density at radius 1 is 0.973 bits per heavy atom. The molecule has 1 saturated heterocycles. The Morgan fingerprint density at radius 2 is 1.68 bits per heavy atom. The molecule has 3 aromatic carbocycles. The number of carbonyl (C=O) groups is 4. The fraction of sp³-hybridized carbons (Fsp3) is 0.214. The van der Waals surface area contributed by atoms with Crippen molar-refractivity contribution >= 4 is 35.1 Å². The van der Waals surface area contributed by atoms with Crippen LogP contribution in [0.1, 0.15) is 39.1 Å². The van der Waals surface area contributed by atoms with E-state index in [2.05, 4.69) is 5.32 Å². The molecule has 1 atom stereocenters. The van der Waals surface area contributed by atoms with E-state index in [1.807, 2.05) is 0 Å². The van der Waals surface area contributed by atoms with Gasteiger partial charge in [-0.05, 0) is 54.1 Å². The number of benzene rings is 3. The van der Waals surface area contributed by atoms with Crippen LogP contribution in [0.3, 0.4) is 0 Å². The first-order chi connectivity index (χ1) is 17.8. The lowest BCUT2D eigenvalue weighted by molar-refractivity contribution is -0.157. The molecule has 0 bridgehead atoms. The zero-order valence-electron chi connectivity index (χ0n) is 20.4. The molecule has 1 fully saturated rings. The zero-order chi connectivity index (χ0) is 26.2. The number of esters is 1. The highest BCUT2D eigenvalue weighted by molar-refractivity contribution is 6.15. The van der Waals surface area contributed by atoms with Crippen molar-refractivity contribution in [2.45, 2.75) is 25.1 Å². The van der Waals surface area contributed by atoms with Crippen LogP contribution in [0, 0.1) is 0 Å².